The van der Waals surface area contributed by atoms with Gasteiger partial charge in [-0.3, -0.25) is 14.5 Å². The van der Waals surface area contributed by atoms with Crippen LogP contribution >= 0.6 is 11.6 Å². The van der Waals surface area contributed by atoms with Crippen LogP contribution < -0.4 is 10.2 Å². The molecule has 2 aromatic carbocycles. The van der Waals surface area contributed by atoms with Gasteiger partial charge in [0.2, 0.25) is 11.8 Å². The summed E-state index contributed by atoms with van der Waals surface area (Å²) in [6.45, 7) is 2.89. The average molecular weight is 409 g/mol. The molecule has 1 aliphatic heterocycles. The SMILES string of the molecule is Cc1ccc(-c2cc3n(n2)CCC(=O)N3CC(=O)NCc2ccc(Cl)cc2)cc1. The Morgan fingerprint density at radius 2 is 1.86 bits per heavy atom. The van der Waals surface area contributed by atoms with Gasteiger partial charge in [0.05, 0.1) is 12.2 Å². The zero-order valence-electron chi connectivity index (χ0n) is 16.1. The molecule has 2 heterocycles. The van der Waals surface area contributed by atoms with E-state index in [1.165, 1.54) is 10.5 Å². The second-order valence-electron chi connectivity index (χ2n) is 7.11. The Labute approximate surface area is 174 Å². The number of fused-ring (bicyclic) bond motifs is 1. The van der Waals surface area contributed by atoms with Crippen LogP contribution in [0, 0.1) is 6.92 Å². The standard InChI is InChI=1S/C22H21ClN4O2/c1-15-2-6-17(7-3-15)19-12-21-26(22(29)10-11-27(21)25-19)14-20(28)24-13-16-4-8-18(23)9-5-16/h2-9,12H,10-11,13-14H2,1H3,(H,24,28). The van der Waals surface area contributed by atoms with Gasteiger partial charge >= 0.3 is 0 Å². The second-order valence-corrected chi connectivity index (χ2v) is 7.55. The highest BCUT2D eigenvalue weighted by Gasteiger charge is 2.28. The highest BCUT2D eigenvalue weighted by molar-refractivity contribution is 6.30. The van der Waals surface area contributed by atoms with E-state index in [-0.39, 0.29) is 18.4 Å². The number of anilines is 1. The molecule has 1 N–H and O–H groups in total. The van der Waals surface area contributed by atoms with Gasteiger partial charge in [-0.05, 0) is 24.6 Å². The first kappa shape index (κ1) is 19.2. The third-order valence-corrected chi connectivity index (χ3v) is 5.18. The van der Waals surface area contributed by atoms with Crippen molar-refractivity contribution in [1.82, 2.24) is 15.1 Å². The molecule has 0 fully saturated rings. The van der Waals surface area contributed by atoms with Crippen molar-refractivity contribution in [3.05, 3.63) is 70.7 Å². The topological polar surface area (TPSA) is 67.2 Å². The predicted octanol–water partition coefficient (Wildman–Crippen LogP) is 3.57. The molecule has 7 heteroatoms. The number of hydrogen-bond donors (Lipinski definition) is 1. The van der Waals surface area contributed by atoms with Crippen LogP contribution in [0.25, 0.3) is 11.3 Å². The van der Waals surface area contributed by atoms with E-state index < -0.39 is 0 Å². The van der Waals surface area contributed by atoms with Crippen molar-refractivity contribution < 1.29 is 9.59 Å². The Bertz CT molecular complexity index is 1040. The summed E-state index contributed by atoms with van der Waals surface area (Å²) in [4.78, 5) is 26.5. The first-order valence-electron chi connectivity index (χ1n) is 9.46. The molecule has 0 unspecified atom stereocenters. The molecule has 2 amide bonds. The quantitative estimate of drug-likeness (QED) is 0.701. The smallest absolute Gasteiger partial charge is 0.240 e. The monoisotopic (exact) mass is 408 g/mol. The maximum atomic E-state index is 12.5. The molecular formula is C22H21ClN4O2. The fraction of sp³-hybridized carbons (Fsp3) is 0.227. The summed E-state index contributed by atoms with van der Waals surface area (Å²) in [5, 5.41) is 8.13. The number of nitrogens with zero attached hydrogens (tertiary/aromatic N) is 3. The molecule has 0 saturated heterocycles. The van der Waals surface area contributed by atoms with E-state index in [1.807, 2.05) is 49.4 Å². The minimum Gasteiger partial charge on any atom is -0.350 e. The summed E-state index contributed by atoms with van der Waals surface area (Å²) >= 11 is 5.88. The lowest BCUT2D eigenvalue weighted by Crippen LogP contribution is -2.44. The molecule has 148 valence electrons. The Morgan fingerprint density at radius 3 is 2.59 bits per heavy atom. The van der Waals surface area contributed by atoms with Crippen LogP contribution in [-0.4, -0.2) is 28.1 Å². The van der Waals surface area contributed by atoms with Gasteiger partial charge in [-0.2, -0.15) is 5.10 Å². The van der Waals surface area contributed by atoms with Crippen molar-refractivity contribution in [1.29, 1.82) is 0 Å². The Morgan fingerprint density at radius 1 is 1.14 bits per heavy atom. The summed E-state index contributed by atoms with van der Waals surface area (Å²) in [6, 6.07) is 17.2. The van der Waals surface area contributed by atoms with Crippen molar-refractivity contribution in [3.63, 3.8) is 0 Å². The lowest BCUT2D eigenvalue weighted by molar-refractivity contribution is -0.124. The predicted molar refractivity (Wildman–Crippen MR) is 113 cm³/mol. The van der Waals surface area contributed by atoms with Crippen LogP contribution in [0.1, 0.15) is 17.5 Å². The molecule has 1 aliphatic rings. The van der Waals surface area contributed by atoms with E-state index in [4.69, 9.17) is 11.6 Å². The molecular weight excluding hydrogens is 388 g/mol. The number of benzene rings is 2. The molecule has 0 atom stereocenters. The number of amides is 2. The van der Waals surface area contributed by atoms with Gasteiger partial charge in [0.1, 0.15) is 12.4 Å². The lowest BCUT2D eigenvalue weighted by atomic mass is 10.1. The van der Waals surface area contributed by atoms with Crippen molar-refractivity contribution in [2.24, 2.45) is 0 Å². The van der Waals surface area contributed by atoms with E-state index in [0.29, 0.717) is 30.4 Å². The highest BCUT2D eigenvalue weighted by Crippen LogP contribution is 2.28. The van der Waals surface area contributed by atoms with Crippen LogP contribution in [0.3, 0.4) is 0 Å². The Hall–Kier alpha value is -3.12. The number of carbonyl (C=O) groups excluding carboxylic acids is 2. The fourth-order valence-electron chi connectivity index (χ4n) is 3.29. The summed E-state index contributed by atoms with van der Waals surface area (Å²) in [7, 11) is 0. The van der Waals surface area contributed by atoms with Gasteiger partial charge in [-0.1, -0.05) is 53.6 Å². The summed E-state index contributed by atoms with van der Waals surface area (Å²) in [6.07, 6.45) is 0.326. The molecule has 0 bridgehead atoms. The molecule has 0 radical (unpaired) electrons. The Kier molecular flexibility index (Phi) is 5.36. The normalized spacial score (nSPS) is 13.3. The van der Waals surface area contributed by atoms with E-state index in [2.05, 4.69) is 10.4 Å². The molecule has 6 nitrogen and oxygen atoms in total. The number of hydrogen-bond acceptors (Lipinski definition) is 3. The maximum Gasteiger partial charge on any atom is 0.240 e. The summed E-state index contributed by atoms with van der Waals surface area (Å²) in [5.74, 6) is 0.354. The van der Waals surface area contributed by atoms with E-state index in [0.717, 1.165) is 16.8 Å². The van der Waals surface area contributed by atoms with Gasteiger partial charge in [-0.25, -0.2) is 4.68 Å². The van der Waals surface area contributed by atoms with E-state index in [1.54, 1.807) is 16.8 Å². The van der Waals surface area contributed by atoms with E-state index in [9.17, 15) is 9.59 Å². The molecule has 0 aliphatic carbocycles. The number of aryl methyl sites for hydroxylation is 2. The van der Waals surface area contributed by atoms with E-state index >= 15 is 0 Å². The first-order valence-corrected chi connectivity index (χ1v) is 9.84. The lowest BCUT2D eigenvalue weighted by Gasteiger charge is -2.26. The Balaban J connectivity index is 1.48. The number of rotatable bonds is 5. The van der Waals surface area contributed by atoms with Crippen LogP contribution in [0.2, 0.25) is 5.02 Å². The molecule has 0 spiro atoms. The van der Waals surface area contributed by atoms with Gasteiger partial charge < -0.3 is 5.32 Å². The van der Waals surface area contributed by atoms with Gasteiger partial charge in [0.25, 0.3) is 0 Å². The van der Waals surface area contributed by atoms with Crippen molar-refractivity contribution >= 4 is 29.2 Å². The number of nitrogens with one attached hydrogen (secondary N) is 1. The third-order valence-electron chi connectivity index (χ3n) is 4.93. The van der Waals surface area contributed by atoms with Crippen LogP contribution in [-0.2, 0) is 22.7 Å². The maximum absolute atomic E-state index is 12.5. The van der Waals surface area contributed by atoms with Gasteiger partial charge in [-0.15, -0.1) is 0 Å². The summed E-state index contributed by atoms with van der Waals surface area (Å²) in [5.41, 5.74) is 3.89. The minimum atomic E-state index is -0.222. The zero-order valence-corrected chi connectivity index (χ0v) is 16.8. The first-order chi connectivity index (χ1) is 14.0. The number of carbonyl (C=O) groups is 2. The van der Waals surface area contributed by atoms with Gasteiger partial charge in [0, 0.05) is 29.6 Å². The average Bonchev–Trinajstić information content (AvgIpc) is 3.15. The van der Waals surface area contributed by atoms with Crippen LogP contribution in [0.15, 0.2) is 54.6 Å². The van der Waals surface area contributed by atoms with Crippen LogP contribution in [0.4, 0.5) is 5.82 Å². The third kappa shape index (κ3) is 4.32. The van der Waals surface area contributed by atoms with Crippen molar-refractivity contribution in [3.8, 4) is 11.3 Å². The molecule has 3 aromatic rings. The zero-order chi connectivity index (χ0) is 20.4. The second kappa shape index (κ2) is 8.09. The van der Waals surface area contributed by atoms with Crippen LogP contribution in [0.5, 0.6) is 0 Å². The highest BCUT2D eigenvalue weighted by atomic mass is 35.5. The molecule has 1 aromatic heterocycles. The van der Waals surface area contributed by atoms with Gasteiger partial charge in [0.15, 0.2) is 0 Å². The molecule has 29 heavy (non-hydrogen) atoms. The summed E-state index contributed by atoms with van der Waals surface area (Å²) < 4.78 is 1.79. The number of halogens is 1. The van der Waals surface area contributed by atoms with Crippen molar-refractivity contribution in [2.75, 3.05) is 11.4 Å². The minimum absolute atomic E-state index is 0.0363. The number of aromatic nitrogens is 2. The molecule has 0 saturated carbocycles. The van der Waals surface area contributed by atoms with Crippen molar-refractivity contribution in [2.45, 2.75) is 26.4 Å². The fourth-order valence-corrected chi connectivity index (χ4v) is 3.42. The largest absolute Gasteiger partial charge is 0.350 e. The molecule has 4 rings (SSSR count).